The molecule has 1 fully saturated rings. The molecule has 12 heteroatoms. The number of fused-ring (bicyclic) bond motifs is 3. The first-order valence-corrected chi connectivity index (χ1v) is 22.5. The van der Waals surface area contributed by atoms with Crippen molar-refractivity contribution in [1.82, 2.24) is 0 Å². The van der Waals surface area contributed by atoms with Crippen LogP contribution in [0.4, 0.5) is 10.5 Å². The highest BCUT2D eigenvalue weighted by Gasteiger charge is 2.64. The third-order valence-electron chi connectivity index (χ3n) is 11.9. The van der Waals surface area contributed by atoms with Crippen molar-refractivity contribution in [3.05, 3.63) is 109 Å². The number of carbonyl (C=O) groups is 1. The van der Waals surface area contributed by atoms with E-state index in [-0.39, 0.29) is 48.7 Å². The Hall–Kier alpha value is -5.01. The molecule has 1 saturated carbocycles. The summed E-state index contributed by atoms with van der Waals surface area (Å²) in [6.07, 6.45) is 8.64. The zero-order valence-electron chi connectivity index (χ0n) is 36.4. The summed E-state index contributed by atoms with van der Waals surface area (Å²) in [5.41, 5.74) is 2.66. The summed E-state index contributed by atoms with van der Waals surface area (Å²) in [5.74, 6) is 0.469. The first-order valence-electron chi connectivity index (χ1n) is 21.6. The number of oxime groups is 1. The number of unbranched alkanes of at least 4 members (excludes halogenated alkanes) is 2. The van der Waals surface area contributed by atoms with Gasteiger partial charge < -0.3 is 38.7 Å². The molecule has 1 amide bonds. The van der Waals surface area contributed by atoms with Crippen LogP contribution >= 0.6 is 11.8 Å². The first-order chi connectivity index (χ1) is 30.0. The topological polar surface area (TPSA) is 137 Å². The van der Waals surface area contributed by atoms with Gasteiger partial charge in [0.05, 0.1) is 43.4 Å². The van der Waals surface area contributed by atoms with Crippen molar-refractivity contribution in [3.8, 4) is 23.0 Å². The normalized spacial score (nSPS) is 23.4. The van der Waals surface area contributed by atoms with Gasteiger partial charge in [-0.05, 0) is 117 Å². The van der Waals surface area contributed by atoms with Gasteiger partial charge in [-0.25, -0.2) is 4.79 Å². The molecule has 0 spiro atoms. The lowest BCUT2D eigenvalue weighted by Gasteiger charge is -2.58. The Morgan fingerprint density at radius 2 is 1.69 bits per heavy atom. The van der Waals surface area contributed by atoms with Crippen LogP contribution in [0.1, 0.15) is 77.2 Å². The van der Waals surface area contributed by atoms with Crippen LogP contribution < -0.4 is 24.3 Å². The van der Waals surface area contributed by atoms with Crippen LogP contribution in [0.15, 0.2) is 113 Å². The minimum atomic E-state index is -1.18. The minimum Gasteiger partial charge on any atom is -0.497 e. The third-order valence-corrected chi connectivity index (χ3v) is 13.2. The quantitative estimate of drug-likeness (QED) is 0.0503. The molecule has 4 aromatic carbocycles. The van der Waals surface area contributed by atoms with Crippen molar-refractivity contribution in [2.45, 2.75) is 93.2 Å². The molecule has 6 atom stereocenters. The fourth-order valence-electron chi connectivity index (χ4n) is 9.23. The molecular formula is C50H60N2O9S. The number of amides is 1. The Morgan fingerprint density at radius 3 is 2.42 bits per heavy atom. The second kappa shape index (κ2) is 20.0. The van der Waals surface area contributed by atoms with E-state index in [9.17, 15) is 15.0 Å². The Bertz CT molecular complexity index is 2270. The second-order valence-electron chi connectivity index (χ2n) is 17.2. The summed E-state index contributed by atoms with van der Waals surface area (Å²) in [7, 11) is 3.09. The van der Waals surface area contributed by atoms with E-state index in [4.69, 9.17) is 33.7 Å². The van der Waals surface area contributed by atoms with Gasteiger partial charge in [-0.1, -0.05) is 60.5 Å². The van der Waals surface area contributed by atoms with E-state index in [1.54, 1.807) is 49.2 Å². The minimum absolute atomic E-state index is 0.0742. The number of aliphatic hydroxyl groups excluding tert-OH is 2. The molecule has 1 heterocycles. The summed E-state index contributed by atoms with van der Waals surface area (Å²) in [5, 5.41) is 29.7. The number of ether oxygens (including phenoxy) is 5. The number of nitrogens with one attached hydrogen (secondary N) is 1. The second-order valence-corrected chi connectivity index (χ2v) is 18.4. The van der Waals surface area contributed by atoms with Gasteiger partial charge in [-0.2, -0.15) is 0 Å². The van der Waals surface area contributed by atoms with Crippen LogP contribution in [0.25, 0.3) is 10.8 Å². The molecule has 3 N–H and O–H groups in total. The highest BCUT2D eigenvalue weighted by atomic mass is 32.2. The van der Waals surface area contributed by atoms with Gasteiger partial charge in [0.1, 0.15) is 28.6 Å². The smallest absolute Gasteiger partial charge is 0.417 e. The zero-order valence-corrected chi connectivity index (χ0v) is 37.2. The zero-order chi connectivity index (χ0) is 43.9. The van der Waals surface area contributed by atoms with Crippen molar-refractivity contribution >= 4 is 40.0 Å². The van der Waals surface area contributed by atoms with E-state index in [1.807, 2.05) is 39.0 Å². The van der Waals surface area contributed by atoms with Gasteiger partial charge in [-0.15, -0.1) is 18.3 Å². The maximum Gasteiger partial charge on any atom is 0.417 e. The Kier molecular flexibility index (Phi) is 14.5. The number of hydrogen-bond donors (Lipinski definition) is 3. The molecule has 330 valence electrons. The Morgan fingerprint density at radius 1 is 0.935 bits per heavy atom. The summed E-state index contributed by atoms with van der Waals surface area (Å²) < 4.78 is 31.3. The Labute approximate surface area is 369 Å². The van der Waals surface area contributed by atoms with E-state index < -0.39 is 17.5 Å². The van der Waals surface area contributed by atoms with E-state index in [2.05, 4.69) is 54.4 Å². The number of benzene rings is 4. The number of aliphatic hydroxyl groups is 2. The van der Waals surface area contributed by atoms with Crippen LogP contribution in [0.3, 0.4) is 0 Å². The number of carbonyl (C=O) groups excluding carboxylic acids is 1. The number of nitrogens with zero attached hydrogens (tertiary/aromatic N) is 1. The number of anilines is 1. The van der Waals surface area contributed by atoms with Gasteiger partial charge in [0, 0.05) is 42.1 Å². The van der Waals surface area contributed by atoms with E-state index in [0.29, 0.717) is 47.9 Å². The predicted octanol–water partition coefficient (Wildman–Crippen LogP) is 10.7. The predicted molar refractivity (Wildman–Crippen MR) is 245 cm³/mol. The summed E-state index contributed by atoms with van der Waals surface area (Å²) in [6, 6.07) is 25.5. The van der Waals surface area contributed by atoms with Gasteiger partial charge in [-0.3, -0.25) is 5.32 Å². The summed E-state index contributed by atoms with van der Waals surface area (Å²) in [4.78, 5) is 20.9. The third kappa shape index (κ3) is 9.94. The molecule has 3 aliphatic rings. The fraction of sp³-hybridized carbons (Fsp3) is 0.440. The van der Waals surface area contributed by atoms with E-state index in [1.165, 1.54) is 7.11 Å². The molecular weight excluding hydrogens is 805 g/mol. The molecule has 0 bridgehead atoms. The molecule has 0 aromatic heterocycles. The number of allylic oxidation sites excluding steroid dienone is 1. The standard InChI is InChI=1S/C50H60N2O9S/c1-7-26-58-50-45(62-37-21-18-32-14-8-9-15-33(32)27-37)31-42(52-61-49(2,3)4)39-28-34(16-10-12-24-53)38(17-11-13-25-54)46(47(39)50)40-29-36(20-23-43(40)60-50)59-48(55)51-41-22-19-35(56-5)30-44(41)57-6/h7-9,14-15,18-23,27-30,34,38,45-47,53-54H,1,10-13,16-17,24-26,31H2,2-6H3,(H,51,55). The van der Waals surface area contributed by atoms with Crippen molar-refractivity contribution in [1.29, 1.82) is 0 Å². The van der Waals surface area contributed by atoms with Crippen molar-refractivity contribution in [3.63, 3.8) is 0 Å². The first kappa shape index (κ1) is 45.0. The lowest BCUT2D eigenvalue weighted by atomic mass is 9.56. The fourth-order valence-corrected chi connectivity index (χ4v) is 10.6. The highest BCUT2D eigenvalue weighted by molar-refractivity contribution is 8.00. The van der Waals surface area contributed by atoms with Crippen molar-refractivity contribution in [2.75, 3.05) is 39.4 Å². The van der Waals surface area contributed by atoms with Crippen molar-refractivity contribution < 1.29 is 43.5 Å². The maximum atomic E-state index is 13.5. The van der Waals surface area contributed by atoms with Crippen LogP contribution in [0, 0.1) is 17.8 Å². The average molecular weight is 865 g/mol. The van der Waals surface area contributed by atoms with Crippen LogP contribution in [-0.2, 0) is 9.57 Å². The molecule has 11 nitrogen and oxygen atoms in total. The lowest BCUT2D eigenvalue weighted by molar-refractivity contribution is -0.223. The molecule has 0 saturated heterocycles. The molecule has 0 radical (unpaired) electrons. The number of thioether (sulfide) groups is 1. The highest BCUT2D eigenvalue weighted by Crippen LogP contribution is 2.63. The monoisotopic (exact) mass is 864 g/mol. The van der Waals surface area contributed by atoms with Gasteiger partial charge in [0.15, 0.2) is 0 Å². The molecule has 62 heavy (non-hydrogen) atoms. The van der Waals surface area contributed by atoms with Crippen molar-refractivity contribution in [2.24, 2.45) is 22.9 Å². The lowest BCUT2D eigenvalue weighted by Crippen LogP contribution is -2.64. The largest absolute Gasteiger partial charge is 0.497 e. The number of hydrogen-bond acceptors (Lipinski definition) is 11. The van der Waals surface area contributed by atoms with Gasteiger partial charge in [0.2, 0.25) is 5.79 Å². The SMILES string of the molecule is C=CCOC12Oc3ccc(OC(=O)Nc4ccc(OC)cc4OC)cc3C3C(CCCCO)C(CCCCO)C=C(C(=NOC(C)(C)C)CC1Sc1ccc4ccccc4c1)C32. The van der Waals surface area contributed by atoms with E-state index in [0.717, 1.165) is 58.2 Å². The average Bonchev–Trinajstić information content (AvgIpc) is 3.26. The Balaban J connectivity index is 1.37. The van der Waals surface area contributed by atoms with Crippen LogP contribution in [-0.4, -0.2) is 72.7 Å². The molecule has 7 rings (SSSR count). The number of methoxy groups -OCH3 is 2. The van der Waals surface area contributed by atoms with E-state index >= 15 is 0 Å². The molecule has 6 unspecified atom stereocenters. The van der Waals surface area contributed by atoms with Gasteiger partial charge in [0.25, 0.3) is 0 Å². The molecule has 2 aliphatic carbocycles. The molecule has 4 aromatic rings. The van der Waals surface area contributed by atoms with Gasteiger partial charge >= 0.3 is 6.09 Å². The molecule has 1 aliphatic heterocycles. The number of rotatable bonds is 18. The summed E-state index contributed by atoms with van der Waals surface area (Å²) >= 11 is 1.72. The van der Waals surface area contributed by atoms with Crippen LogP contribution in [0.5, 0.6) is 23.0 Å². The van der Waals surface area contributed by atoms with Crippen LogP contribution in [0.2, 0.25) is 0 Å². The maximum absolute atomic E-state index is 13.5. The summed E-state index contributed by atoms with van der Waals surface area (Å²) in [6.45, 7) is 10.5.